The molecule has 0 aliphatic carbocycles. The Morgan fingerprint density at radius 2 is 2.12 bits per heavy atom. The second-order valence-corrected chi connectivity index (χ2v) is 8.64. The van der Waals surface area contributed by atoms with E-state index in [1.54, 1.807) is 0 Å². The number of aromatic nitrogens is 3. The number of nitrogens with zero attached hydrogens (tertiary/aromatic N) is 3. The summed E-state index contributed by atoms with van der Waals surface area (Å²) in [5.74, 6) is 1.42. The van der Waals surface area contributed by atoms with Crippen molar-refractivity contribution < 1.29 is 0 Å². The zero-order chi connectivity index (χ0) is 17.3. The largest absolute Gasteiger partial charge is 0.366 e. The average Bonchev–Trinajstić information content (AvgIpc) is 2.87. The fourth-order valence-electron chi connectivity index (χ4n) is 3.64. The van der Waals surface area contributed by atoms with Crippen molar-refractivity contribution in [2.24, 2.45) is 5.41 Å². The Balaban J connectivity index is 1.77. The van der Waals surface area contributed by atoms with E-state index >= 15 is 0 Å². The summed E-state index contributed by atoms with van der Waals surface area (Å²) in [6.07, 6.45) is 2.48. The minimum absolute atomic E-state index is 0.347. The van der Waals surface area contributed by atoms with E-state index in [0.717, 1.165) is 29.9 Å². The molecular weight excluding hydrogens is 298 g/mol. The molecule has 0 radical (unpaired) electrons. The zero-order valence-corrected chi connectivity index (χ0v) is 15.7. The van der Waals surface area contributed by atoms with E-state index in [-0.39, 0.29) is 0 Å². The minimum Gasteiger partial charge on any atom is -0.366 e. The summed E-state index contributed by atoms with van der Waals surface area (Å²) in [7, 11) is 0. The van der Waals surface area contributed by atoms with Gasteiger partial charge in [-0.05, 0) is 50.8 Å². The van der Waals surface area contributed by atoms with Gasteiger partial charge in [-0.2, -0.15) is 5.10 Å². The molecule has 2 aromatic rings. The molecule has 2 N–H and O–H groups in total. The zero-order valence-electron chi connectivity index (χ0n) is 15.7. The highest BCUT2D eigenvalue weighted by molar-refractivity contribution is 5.87. The number of rotatable bonds is 4. The summed E-state index contributed by atoms with van der Waals surface area (Å²) in [5.41, 5.74) is 2.43. The molecule has 132 valence electrons. The molecular formula is C19H31N5. The number of likely N-dealkylation sites (tertiary alicyclic amines) is 1. The number of anilines is 1. The maximum atomic E-state index is 4.87. The number of H-pyrrole nitrogens is 1. The first-order valence-corrected chi connectivity index (χ1v) is 9.16. The van der Waals surface area contributed by atoms with Crippen molar-refractivity contribution in [1.82, 2.24) is 20.1 Å². The average molecular weight is 329 g/mol. The summed E-state index contributed by atoms with van der Waals surface area (Å²) >= 11 is 0. The van der Waals surface area contributed by atoms with E-state index in [2.05, 4.69) is 67.2 Å². The van der Waals surface area contributed by atoms with Crippen LogP contribution in [0.1, 0.15) is 59.1 Å². The Morgan fingerprint density at radius 3 is 2.83 bits per heavy atom. The number of pyridine rings is 1. The molecule has 24 heavy (non-hydrogen) atoms. The standard InChI is InChI=1S/C19H31N5/c1-13(2)20-17-15-8-9-16(21-18(15)23-22-17)14-7-6-10-24(11-14)12-19(3,4)5/h8-9,13-14H,6-7,10-12H2,1-5H3,(H2,20,21,22,23)/t14-/m0/s1. The van der Waals surface area contributed by atoms with Gasteiger partial charge in [0.25, 0.3) is 0 Å². The first-order valence-electron chi connectivity index (χ1n) is 9.16. The second kappa shape index (κ2) is 6.71. The number of aromatic amines is 1. The molecule has 0 spiro atoms. The lowest BCUT2D eigenvalue weighted by Gasteiger charge is -2.36. The molecule has 0 aromatic carbocycles. The van der Waals surface area contributed by atoms with Crippen LogP contribution in [-0.2, 0) is 0 Å². The Bertz CT molecular complexity index is 683. The second-order valence-electron chi connectivity index (χ2n) is 8.64. The number of piperidine rings is 1. The van der Waals surface area contributed by atoms with Crippen LogP contribution in [-0.4, -0.2) is 45.8 Å². The van der Waals surface area contributed by atoms with Crippen LogP contribution in [0.15, 0.2) is 12.1 Å². The number of hydrogen-bond donors (Lipinski definition) is 2. The molecule has 3 rings (SSSR count). The maximum absolute atomic E-state index is 4.87. The predicted octanol–water partition coefficient (Wildman–Crippen LogP) is 4.00. The summed E-state index contributed by atoms with van der Waals surface area (Å²) in [5, 5.41) is 11.9. The van der Waals surface area contributed by atoms with Crippen LogP contribution in [0.2, 0.25) is 0 Å². The summed E-state index contributed by atoms with van der Waals surface area (Å²) in [4.78, 5) is 7.47. The van der Waals surface area contributed by atoms with Gasteiger partial charge < -0.3 is 10.2 Å². The van der Waals surface area contributed by atoms with Gasteiger partial charge in [0, 0.05) is 30.7 Å². The summed E-state index contributed by atoms with van der Waals surface area (Å²) in [6.45, 7) is 14.7. The molecule has 1 atom stereocenters. The molecule has 0 saturated carbocycles. The van der Waals surface area contributed by atoms with Gasteiger partial charge in [0.15, 0.2) is 11.5 Å². The Labute approximate surface area is 145 Å². The van der Waals surface area contributed by atoms with Crippen LogP contribution in [0.5, 0.6) is 0 Å². The monoisotopic (exact) mass is 329 g/mol. The molecule has 1 aliphatic rings. The van der Waals surface area contributed by atoms with E-state index in [1.165, 1.54) is 25.1 Å². The van der Waals surface area contributed by atoms with Crippen molar-refractivity contribution in [2.75, 3.05) is 25.0 Å². The third-order valence-electron chi connectivity index (χ3n) is 4.49. The van der Waals surface area contributed by atoms with Crippen molar-refractivity contribution >= 4 is 16.9 Å². The Hall–Kier alpha value is -1.62. The van der Waals surface area contributed by atoms with E-state index < -0.39 is 0 Å². The third-order valence-corrected chi connectivity index (χ3v) is 4.49. The van der Waals surface area contributed by atoms with Gasteiger partial charge in [-0.1, -0.05) is 20.8 Å². The lowest BCUT2D eigenvalue weighted by Crippen LogP contribution is -2.39. The van der Waals surface area contributed by atoms with Crippen LogP contribution in [0.25, 0.3) is 11.0 Å². The lowest BCUT2D eigenvalue weighted by atomic mass is 9.90. The van der Waals surface area contributed by atoms with Crippen LogP contribution in [0, 0.1) is 5.41 Å². The first kappa shape index (κ1) is 17.2. The molecule has 5 heteroatoms. The third kappa shape index (κ3) is 4.07. The van der Waals surface area contributed by atoms with E-state index in [4.69, 9.17) is 4.98 Å². The van der Waals surface area contributed by atoms with Crippen molar-refractivity contribution in [1.29, 1.82) is 0 Å². The van der Waals surface area contributed by atoms with E-state index in [0.29, 0.717) is 17.4 Å². The number of nitrogens with one attached hydrogen (secondary N) is 2. The molecule has 1 saturated heterocycles. The molecule has 1 aliphatic heterocycles. The maximum Gasteiger partial charge on any atom is 0.157 e. The number of hydrogen-bond acceptors (Lipinski definition) is 4. The van der Waals surface area contributed by atoms with Crippen molar-refractivity contribution in [3.63, 3.8) is 0 Å². The van der Waals surface area contributed by atoms with E-state index in [1.807, 2.05) is 0 Å². The van der Waals surface area contributed by atoms with Crippen molar-refractivity contribution in [3.05, 3.63) is 17.8 Å². The van der Waals surface area contributed by atoms with Gasteiger partial charge in [0.1, 0.15) is 0 Å². The van der Waals surface area contributed by atoms with Crippen LogP contribution in [0.3, 0.4) is 0 Å². The smallest absolute Gasteiger partial charge is 0.157 e. The van der Waals surface area contributed by atoms with E-state index in [9.17, 15) is 0 Å². The van der Waals surface area contributed by atoms with Crippen LogP contribution in [0.4, 0.5) is 5.82 Å². The molecule has 0 bridgehead atoms. The van der Waals surface area contributed by atoms with Gasteiger partial charge in [-0.25, -0.2) is 4.98 Å². The topological polar surface area (TPSA) is 56.8 Å². The van der Waals surface area contributed by atoms with Gasteiger partial charge in [-0.3, -0.25) is 5.10 Å². The predicted molar refractivity (Wildman–Crippen MR) is 101 cm³/mol. The molecule has 2 aromatic heterocycles. The lowest BCUT2D eigenvalue weighted by molar-refractivity contribution is 0.150. The fraction of sp³-hybridized carbons (Fsp3) is 0.684. The highest BCUT2D eigenvalue weighted by Crippen LogP contribution is 2.30. The van der Waals surface area contributed by atoms with Gasteiger partial charge in [-0.15, -0.1) is 0 Å². The van der Waals surface area contributed by atoms with Gasteiger partial charge in [0.05, 0.1) is 5.39 Å². The van der Waals surface area contributed by atoms with Crippen molar-refractivity contribution in [2.45, 2.75) is 59.4 Å². The highest BCUT2D eigenvalue weighted by atomic mass is 15.2. The Kier molecular flexibility index (Phi) is 4.81. The van der Waals surface area contributed by atoms with Gasteiger partial charge in [0.2, 0.25) is 0 Å². The highest BCUT2D eigenvalue weighted by Gasteiger charge is 2.25. The van der Waals surface area contributed by atoms with Crippen LogP contribution >= 0.6 is 0 Å². The minimum atomic E-state index is 0.347. The molecule has 1 fully saturated rings. The Morgan fingerprint density at radius 1 is 1.33 bits per heavy atom. The molecule has 5 nitrogen and oxygen atoms in total. The molecule has 0 unspecified atom stereocenters. The normalized spacial score (nSPS) is 20.0. The van der Waals surface area contributed by atoms with Crippen molar-refractivity contribution in [3.8, 4) is 0 Å². The SMILES string of the molecule is CC(C)Nc1n[nH]c2nc([C@H]3CCCN(CC(C)(C)C)C3)ccc12. The first-order chi connectivity index (χ1) is 11.3. The fourth-order valence-corrected chi connectivity index (χ4v) is 3.64. The number of fused-ring (bicyclic) bond motifs is 1. The summed E-state index contributed by atoms with van der Waals surface area (Å²) < 4.78 is 0. The molecule has 3 heterocycles. The van der Waals surface area contributed by atoms with Gasteiger partial charge >= 0.3 is 0 Å². The molecule has 0 amide bonds. The summed E-state index contributed by atoms with van der Waals surface area (Å²) in [6, 6.07) is 4.71. The quantitative estimate of drug-likeness (QED) is 0.890. The van der Waals surface area contributed by atoms with Crippen LogP contribution < -0.4 is 5.32 Å².